The number of hydrogen-bond donors (Lipinski definition) is 3. The highest BCUT2D eigenvalue weighted by Crippen LogP contribution is 2.14. The van der Waals surface area contributed by atoms with E-state index in [-0.39, 0.29) is 31.3 Å². The van der Waals surface area contributed by atoms with Gasteiger partial charge in [-0.25, -0.2) is 0 Å². The predicted molar refractivity (Wildman–Crippen MR) is 245 cm³/mol. The van der Waals surface area contributed by atoms with Gasteiger partial charge in [0.15, 0.2) is 0 Å². The molecule has 0 rings (SSSR count). The summed E-state index contributed by atoms with van der Waals surface area (Å²) in [6.07, 6.45) is 56.8. The van der Waals surface area contributed by atoms with Crippen LogP contribution < -0.4 is 5.32 Å². The standard InChI is InChI=1S/C51H87NO5/c1-4-7-10-13-16-19-22-23-24-25-26-27-29-32-35-38-41-44-51(56)57-47(42-39-36-33-30-28-20-17-14-11-8-5-2)45-50(55)52-48(46-53)49(54)43-40-37-34-31-21-18-15-12-9-6-3/h7,10,16,19,23-24,26-27,30,32-33,35,39,42,47-49,53-54H,4-6,8-9,11-15,17-18,20-22,25,28-29,31,34,36-38,40-41,43-46H2,1-3H3,(H,52,55)/b10-7-,19-16-,24-23-,27-26-,33-30-,35-32-,42-39+. The molecule has 0 aromatic heterocycles. The first-order valence-corrected chi connectivity index (χ1v) is 23.3. The summed E-state index contributed by atoms with van der Waals surface area (Å²) in [5.74, 6) is -0.681. The number of carbonyl (C=O) groups excluding carboxylic acids is 2. The van der Waals surface area contributed by atoms with Crippen molar-refractivity contribution in [3.63, 3.8) is 0 Å². The third-order valence-electron chi connectivity index (χ3n) is 9.95. The molecule has 0 aromatic carbocycles. The van der Waals surface area contributed by atoms with Gasteiger partial charge in [-0.1, -0.05) is 196 Å². The van der Waals surface area contributed by atoms with Crippen molar-refractivity contribution in [2.45, 2.75) is 219 Å². The molecule has 3 N–H and O–H groups in total. The summed E-state index contributed by atoms with van der Waals surface area (Å²) in [7, 11) is 0. The molecule has 3 atom stereocenters. The number of carbonyl (C=O) groups is 2. The van der Waals surface area contributed by atoms with Gasteiger partial charge < -0.3 is 20.3 Å². The maximum Gasteiger partial charge on any atom is 0.306 e. The van der Waals surface area contributed by atoms with Crippen molar-refractivity contribution >= 4 is 11.9 Å². The Morgan fingerprint density at radius 2 is 0.982 bits per heavy atom. The van der Waals surface area contributed by atoms with Crippen molar-refractivity contribution in [2.75, 3.05) is 6.61 Å². The molecular weight excluding hydrogens is 707 g/mol. The zero-order chi connectivity index (χ0) is 41.7. The fraction of sp³-hybridized carbons (Fsp3) is 0.686. The molecule has 0 aliphatic heterocycles. The van der Waals surface area contributed by atoms with Crippen molar-refractivity contribution in [1.82, 2.24) is 5.32 Å². The van der Waals surface area contributed by atoms with E-state index in [0.29, 0.717) is 19.3 Å². The van der Waals surface area contributed by atoms with Crippen LogP contribution in [0.1, 0.15) is 201 Å². The molecule has 0 fully saturated rings. The number of esters is 1. The van der Waals surface area contributed by atoms with Crippen LogP contribution in [0, 0.1) is 0 Å². The number of rotatable bonds is 40. The lowest BCUT2D eigenvalue weighted by molar-refractivity contribution is -0.148. The zero-order valence-electron chi connectivity index (χ0n) is 36.9. The Labute approximate surface area is 351 Å². The fourth-order valence-electron chi connectivity index (χ4n) is 6.43. The van der Waals surface area contributed by atoms with Crippen LogP contribution in [0.15, 0.2) is 85.1 Å². The molecule has 57 heavy (non-hydrogen) atoms. The van der Waals surface area contributed by atoms with Gasteiger partial charge in [0.1, 0.15) is 6.10 Å². The highest BCUT2D eigenvalue weighted by Gasteiger charge is 2.23. The lowest BCUT2D eigenvalue weighted by Gasteiger charge is -2.23. The molecule has 0 spiro atoms. The molecule has 326 valence electrons. The minimum Gasteiger partial charge on any atom is -0.458 e. The molecule has 0 heterocycles. The molecule has 0 saturated carbocycles. The van der Waals surface area contributed by atoms with E-state index >= 15 is 0 Å². The Kier molecular flexibility index (Phi) is 41.9. The lowest BCUT2D eigenvalue weighted by Crippen LogP contribution is -2.46. The van der Waals surface area contributed by atoms with Gasteiger partial charge in [0.05, 0.1) is 25.2 Å². The molecule has 6 heteroatoms. The average Bonchev–Trinajstić information content (AvgIpc) is 3.20. The normalized spacial score (nSPS) is 14.1. The smallest absolute Gasteiger partial charge is 0.306 e. The average molecular weight is 794 g/mol. The van der Waals surface area contributed by atoms with Crippen LogP contribution in [-0.4, -0.2) is 46.9 Å². The van der Waals surface area contributed by atoms with E-state index in [9.17, 15) is 19.8 Å². The molecule has 0 aliphatic rings. The van der Waals surface area contributed by atoms with Gasteiger partial charge in [-0.15, -0.1) is 0 Å². The summed E-state index contributed by atoms with van der Waals surface area (Å²) < 4.78 is 5.77. The second-order valence-electron chi connectivity index (χ2n) is 15.4. The number of hydrogen-bond acceptors (Lipinski definition) is 5. The molecular formula is C51H87NO5. The number of ether oxygens (including phenoxy) is 1. The summed E-state index contributed by atoms with van der Waals surface area (Å²) in [4.78, 5) is 25.9. The van der Waals surface area contributed by atoms with E-state index in [2.05, 4.69) is 99.0 Å². The summed E-state index contributed by atoms with van der Waals surface area (Å²) in [6.45, 7) is 6.28. The monoisotopic (exact) mass is 794 g/mol. The van der Waals surface area contributed by atoms with Crippen molar-refractivity contribution < 1.29 is 24.5 Å². The number of allylic oxidation sites excluding steroid dienone is 13. The topological polar surface area (TPSA) is 95.9 Å². The summed E-state index contributed by atoms with van der Waals surface area (Å²) in [6, 6.07) is -0.746. The molecule has 0 aliphatic carbocycles. The second kappa shape index (κ2) is 44.1. The summed E-state index contributed by atoms with van der Waals surface area (Å²) >= 11 is 0. The molecule has 0 bridgehead atoms. The largest absolute Gasteiger partial charge is 0.458 e. The SMILES string of the molecule is CC/C=C\C/C=C\C/C=C\C/C=C\C/C=C\CCCC(=O)OC(/C=C/C/C=C\CCCCCCCC)CC(=O)NC(CO)C(O)CCCCCCCCCCCC. The second-order valence-corrected chi connectivity index (χ2v) is 15.4. The minimum absolute atomic E-state index is 0.0556. The number of unbranched alkanes of at least 4 members (excludes halogenated alkanes) is 16. The predicted octanol–water partition coefficient (Wildman–Crippen LogP) is 13.6. The fourth-order valence-corrected chi connectivity index (χ4v) is 6.43. The highest BCUT2D eigenvalue weighted by molar-refractivity contribution is 5.78. The van der Waals surface area contributed by atoms with Gasteiger partial charge >= 0.3 is 5.97 Å². The maximum atomic E-state index is 13.1. The first kappa shape index (κ1) is 54.0. The van der Waals surface area contributed by atoms with E-state index in [0.717, 1.165) is 64.2 Å². The highest BCUT2D eigenvalue weighted by atomic mass is 16.5. The van der Waals surface area contributed by atoms with E-state index < -0.39 is 18.2 Å². The Morgan fingerprint density at radius 1 is 0.544 bits per heavy atom. The molecule has 6 nitrogen and oxygen atoms in total. The van der Waals surface area contributed by atoms with Gasteiger partial charge in [0.2, 0.25) is 5.91 Å². The van der Waals surface area contributed by atoms with Crippen LogP contribution in [0.25, 0.3) is 0 Å². The summed E-state index contributed by atoms with van der Waals surface area (Å²) in [5.41, 5.74) is 0. The van der Waals surface area contributed by atoms with Crippen LogP contribution in [0.2, 0.25) is 0 Å². The first-order chi connectivity index (χ1) is 28.0. The van der Waals surface area contributed by atoms with Crippen molar-refractivity contribution in [1.29, 1.82) is 0 Å². The number of aliphatic hydroxyl groups excluding tert-OH is 2. The van der Waals surface area contributed by atoms with Crippen LogP contribution in [0.5, 0.6) is 0 Å². The molecule has 0 saturated heterocycles. The Balaban J connectivity index is 4.77. The number of amides is 1. The van der Waals surface area contributed by atoms with Crippen molar-refractivity contribution in [3.8, 4) is 0 Å². The van der Waals surface area contributed by atoms with Crippen molar-refractivity contribution in [3.05, 3.63) is 85.1 Å². The van der Waals surface area contributed by atoms with Gasteiger partial charge in [-0.2, -0.15) is 0 Å². The third-order valence-corrected chi connectivity index (χ3v) is 9.95. The maximum absolute atomic E-state index is 13.1. The Morgan fingerprint density at radius 3 is 1.49 bits per heavy atom. The zero-order valence-corrected chi connectivity index (χ0v) is 36.9. The quantitative estimate of drug-likeness (QED) is 0.0326. The van der Waals surface area contributed by atoms with Crippen LogP contribution in [-0.2, 0) is 14.3 Å². The lowest BCUT2D eigenvalue weighted by atomic mass is 10.0. The van der Waals surface area contributed by atoms with Crippen LogP contribution >= 0.6 is 0 Å². The van der Waals surface area contributed by atoms with Gasteiger partial charge in [0, 0.05) is 6.42 Å². The Bertz CT molecular complexity index is 1120. The number of aliphatic hydroxyl groups is 2. The van der Waals surface area contributed by atoms with Crippen LogP contribution in [0.3, 0.4) is 0 Å². The van der Waals surface area contributed by atoms with Gasteiger partial charge in [-0.05, 0) is 76.7 Å². The minimum atomic E-state index is -0.822. The third kappa shape index (κ3) is 39.6. The number of nitrogens with one attached hydrogen (secondary N) is 1. The molecule has 0 aromatic rings. The van der Waals surface area contributed by atoms with E-state index in [1.165, 1.54) is 83.5 Å². The van der Waals surface area contributed by atoms with E-state index in [1.807, 2.05) is 6.08 Å². The molecule has 3 unspecified atom stereocenters. The van der Waals surface area contributed by atoms with Crippen molar-refractivity contribution in [2.24, 2.45) is 0 Å². The summed E-state index contributed by atoms with van der Waals surface area (Å²) in [5, 5.41) is 23.5. The van der Waals surface area contributed by atoms with E-state index in [1.54, 1.807) is 6.08 Å². The van der Waals surface area contributed by atoms with Crippen LogP contribution in [0.4, 0.5) is 0 Å². The molecule has 1 amide bonds. The molecule has 0 radical (unpaired) electrons. The van der Waals surface area contributed by atoms with E-state index in [4.69, 9.17) is 4.74 Å². The first-order valence-electron chi connectivity index (χ1n) is 23.3. The Hall–Kier alpha value is -2.96. The van der Waals surface area contributed by atoms with Gasteiger partial charge in [-0.3, -0.25) is 9.59 Å². The van der Waals surface area contributed by atoms with Gasteiger partial charge in [0.25, 0.3) is 0 Å².